The van der Waals surface area contributed by atoms with Crippen molar-refractivity contribution in [1.29, 1.82) is 0 Å². The van der Waals surface area contributed by atoms with E-state index < -0.39 is 0 Å². The zero-order valence-corrected chi connectivity index (χ0v) is 11.2. The van der Waals surface area contributed by atoms with Crippen molar-refractivity contribution in [2.45, 2.75) is 12.6 Å². The summed E-state index contributed by atoms with van der Waals surface area (Å²) in [6.45, 7) is 3.10. The molecule has 104 valence electrons. The van der Waals surface area contributed by atoms with Crippen molar-refractivity contribution in [2.75, 3.05) is 19.6 Å². The minimum atomic E-state index is -0.205. The maximum atomic E-state index is 11.7. The van der Waals surface area contributed by atoms with Gasteiger partial charge in [-0.25, -0.2) is 4.79 Å². The predicted molar refractivity (Wildman–Crippen MR) is 72.7 cm³/mol. The molecule has 0 bridgehead atoms. The van der Waals surface area contributed by atoms with Crippen LogP contribution in [0.15, 0.2) is 30.3 Å². The van der Waals surface area contributed by atoms with Crippen LogP contribution < -0.4 is 5.32 Å². The Kier molecular flexibility index (Phi) is 2.57. The number of rotatable bonds is 3. The number of amides is 3. The number of nitrogens with zero attached hydrogens (tertiary/aromatic N) is 2. The van der Waals surface area contributed by atoms with Crippen LogP contribution in [-0.4, -0.2) is 47.4 Å². The fourth-order valence-corrected chi connectivity index (χ4v) is 3.67. The van der Waals surface area contributed by atoms with Gasteiger partial charge in [-0.3, -0.25) is 14.6 Å². The summed E-state index contributed by atoms with van der Waals surface area (Å²) < 4.78 is 0. The van der Waals surface area contributed by atoms with Crippen molar-refractivity contribution in [1.82, 2.24) is 15.1 Å². The van der Waals surface area contributed by atoms with E-state index in [1.54, 1.807) is 0 Å². The molecule has 1 aromatic rings. The minimum Gasteiger partial charge on any atom is -0.329 e. The van der Waals surface area contributed by atoms with Crippen LogP contribution in [0.5, 0.6) is 0 Å². The number of piperidine rings is 1. The molecule has 2 heterocycles. The van der Waals surface area contributed by atoms with Gasteiger partial charge in [0.1, 0.15) is 0 Å². The first kappa shape index (κ1) is 11.9. The molecule has 2 saturated heterocycles. The van der Waals surface area contributed by atoms with Gasteiger partial charge in [0.05, 0.1) is 12.6 Å². The lowest BCUT2D eigenvalue weighted by Gasteiger charge is -2.22. The maximum Gasteiger partial charge on any atom is 0.324 e. The Morgan fingerprint density at radius 1 is 1.10 bits per heavy atom. The molecule has 2 aliphatic heterocycles. The van der Waals surface area contributed by atoms with Crippen LogP contribution >= 0.6 is 0 Å². The van der Waals surface area contributed by atoms with E-state index in [2.05, 4.69) is 34.5 Å². The van der Waals surface area contributed by atoms with E-state index in [0.717, 1.165) is 19.6 Å². The molecule has 4 rings (SSSR count). The molecule has 3 amide bonds. The molecule has 0 radical (unpaired) electrons. The first-order valence-corrected chi connectivity index (χ1v) is 7.10. The summed E-state index contributed by atoms with van der Waals surface area (Å²) in [7, 11) is 0. The van der Waals surface area contributed by atoms with Gasteiger partial charge in [0.15, 0.2) is 0 Å². The van der Waals surface area contributed by atoms with Gasteiger partial charge in [0.25, 0.3) is 0 Å². The lowest BCUT2D eigenvalue weighted by Crippen LogP contribution is -2.38. The van der Waals surface area contributed by atoms with Crippen LogP contribution in [-0.2, 0) is 11.3 Å². The third-order valence-electron chi connectivity index (χ3n) is 4.65. The fraction of sp³-hybridized carbons (Fsp3) is 0.467. The highest BCUT2D eigenvalue weighted by Crippen LogP contribution is 2.49. The van der Waals surface area contributed by atoms with Gasteiger partial charge in [-0.1, -0.05) is 30.3 Å². The average Bonchev–Trinajstić information content (AvgIpc) is 2.80. The molecule has 5 heteroatoms. The zero-order chi connectivity index (χ0) is 13.7. The van der Waals surface area contributed by atoms with Crippen LogP contribution in [0.4, 0.5) is 4.79 Å². The number of benzene rings is 1. The van der Waals surface area contributed by atoms with Crippen LogP contribution in [0, 0.1) is 11.8 Å². The van der Waals surface area contributed by atoms with Gasteiger partial charge < -0.3 is 5.32 Å². The van der Waals surface area contributed by atoms with E-state index in [1.807, 2.05) is 6.07 Å². The van der Waals surface area contributed by atoms with E-state index >= 15 is 0 Å². The summed E-state index contributed by atoms with van der Waals surface area (Å²) in [6.07, 6.45) is 0. The van der Waals surface area contributed by atoms with Gasteiger partial charge in [0.2, 0.25) is 5.91 Å². The lowest BCUT2D eigenvalue weighted by atomic mass is 10.2. The van der Waals surface area contributed by atoms with Crippen LogP contribution in [0.2, 0.25) is 0 Å². The summed E-state index contributed by atoms with van der Waals surface area (Å²) in [5.41, 5.74) is 1.32. The minimum absolute atomic E-state index is 0.0657. The summed E-state index contributed by atoms with van der Waals surface area (Å²) in [6, 6.07) is 10.4. The summed E-state index contributed by atoms with van der Waals surface area (Å²) >= 11 is 0. The molecule has 2 unspecified atom stereocenters. The number of carbonyl (C=O) groups excluding carboxylic acids is 2. The van der Waals surface area contributed by atoms with E-state index in [0.29, 0.717) is 11.8 Å². The molecule has 0 aromatic heterocycles. The van der Waals surface area contributed by atoms with Gasteiger partial charge >= 0.3 is 6.03 Å². The van der Waals surface area contributed by atoms with Crippen molar-refractivity contribution in [3.05, 3.63) is 35.9 Å². The largest absolute Gasteiger partial charge is 0.329 e. The van der Waals surface area contributed by atoms with Gasteiger partial charge in [-0.15, -0.1) is 0 Å². The summed E-state index contributed by atoms with van der Waals surface area (Å²) in [4.78, 5) is 27.2. The fourth-order valence-electron chi connectivity index (χ4n) is 3.67. The molecule has 1 aliphatic carbocycles. The van der Waals surface area contributed by atoms with Crippen molar-refractivity contribution < 1.29 is 9.59 Å². The van der Waals surface area contributed by atoms with Crippen molar-refractivity contribution in [3.8, 4) is 0 Å². The van der Waals surface area contributed by atoms with E-state index in [9.17, 15) is 9.59 Å². The SMILES string of the molecule is O=C1CNC(=O)N1C1C2CN(Cc3ccccc3)CC21. The number of imide groups is 1. The summed E-state index contributed by atoms with van der Waals surface area (Å²) in [5.74, 6) is 0.891. The number of likely N-dealkylation sites (tertiary alicyclic amines) is 1. The Morgan fingerprint density at radius 2 is 1.80 bits per heavy atom. The van der Waals surface area contributed by atoms with Crippen molar-refractivity contribution >= 4 is 11.9 Å². The van der Waals surface area contributed by atoms with Crippen LogP contribution in [0.3, 0.4) is 0 Å². The summed E-state index contributed by atoms with van der Waals surface area (Å²) in [5, 5.41) is 2.60. The Labute approximate surface area is 117 Å². The lowest BCUT2D eigenvalue weighted by molar-refractivity contribution is -0.125. The molecule has 3 fully saturated rings. The Morgan fingerprint density at radius 3 is 2.40 bits per heavy atom. The second-order valence-electron chi connectivity index (χ2n) is 5.92. The highest BCUT2D eigenvalue weighted by molar-refractivity contribution is 6.02. The van der Waals surface area contributed by atoms with Gasteiger partial charge in [-0.05, 0) is 17.4 Å². The molecule has 2 atom stereocenters. The third kappa shape index (κ3) is 1.81. The predicted octanol–water partition coefficient (Wildman–Crippen LogP) is 0.669. The maximum absolute atomic E-state index is 11.7. The van der Waals surface area contributed by atoms with Crippen LogP contribution in [0.25, 0.3) is 0 Å². The second-order valence-corrected chi connectivity index (χ2v) is 5.92. The topological polar surface area (TPSA) is 52.7 Å². The molecule has 1 aromatic carbocycles. The Bertz CT molecular complexity index is 531. The molecule has 20 heavy (non-hydrogen) atoms. The molecule has 1 N–H and O–H groups in total. The van der Waals surface area contributed by atoms with Crippen molar-refractivity contribution in [2.24, 2.45) is 11.8 Å². The number of fused-ring (bicyclic) bond motifs is 1. The molecule has 0 spiro atoms. The van der Waals surface area contributed by atoms with E-state index in [4.69, 9.17) is 0 Å². The monoisotopic (exact) mass is 271 g/mol. The number of hydrogen-bond donors (Lipinski definition) is 1. The van der Waals surface area contributed by atoms with Gasteiger partial charge in [0, 0.05) is 19.6 Å². The zero-order valence-electron chi connectivity index (χ0n) is 11.2. The molecule has 3 aliphatic rings. The molecule has 5 nitrogen and oxygen atoms in total. The van der Waals surface area contributed by atoms with Gasteiger partial charge in [-0.2, -0.15) is 0 Å². The number of hydrogen-bond acceptors (Lipinski definition) is 3. The Hall–Kier alpha value is -1.88. The number of carbonyl (C=O) groups is 2. The molecular weight excluding hydrogens is 254 g/mol. The quantitative estimate of drug-likeness (QED) is 0.822. The smallest absolute Gasteiger partial charge is 0.324 e. The standard InChI is InChI=1S/C15H17N3O2/c19-13-6-16-15(20)18(13)14-11-8-17(9-12(11)14)7-10-4-2-1-3-5-10/h1-5,11-12,14H,6-9H2,(H,16,20). The number of urea groups is 1. The number of nitrogens with one attached hydrogen (secondary N) is 1. The molecular formula is C15H17N3O2. The molecule has 1 saturated carbocycles. The average molecular weight is 271 g/mol. The van der Waals surface area contributed by atoms with Crippen molar-refractivity contribution in [3.63, 3.8) is 0 Å². The van der Waals surface area contributed by atoms with E-state index in [-0.39, 0.29) is 24.5 Å². The second kappa shape index (κ2) is 4.31. The van der Waals surface area contributed by atoms with Crippen LogP contribution in [0.1, 0.15) is 5.56 Å². The first-order valence-electron chi connectivity index (χ1n) is 7.10. The first-order chi connectivity index (χ1) is 9.74. The highest BCUT2D eigenvalue weighted by Gasteiger charge is 2.61. The van der Waals surface area contributed by atoms with E-state index in [1.165, 1.54) is 10.5 Å². The third-order valence-corrected chi connectivity index (χ3v) is 4.65. The highest BCUT2D eigenvalue weighted by atomic mass is 16.2. The Balaban J connectivity index is 1.37. The normalized spacial score (nSPS) is 32.4.